The molecule has 2 aromatic rings. The third-order valence-corrected chi connectivity index (χ3v) is 4.12. The average molecular weight is 281 g/mol. The highest BCUT2D eigenvalue weighted by molar-refractivity contribution is 5.51. The molecule has 0 radical (unpaired) electrons. The summed E-state index contributed by atoms with van der Waals surface area (Å²) in [4.78, 5) is 3.77. The number of rotatable bonds is 2. The van der Waals surface area contributed by atoms with Crippen molar-refractivity contribution in [2.75, 3.05) is 18.0 Å². The molecular formula is C16H19N5. The summed E-state index contributed by atoms with van der Waals surface area (Å²) in [5.74, 6) is 1.46. The Hall–Kier alpha value is -2.35. The second kappa shape index (κ2) is 5.57. The van der Waals surface area contributed by atoms with E-state index in [4.69, 9.17) is 0 Å². The second-order valence-electron chi connectivity index (χ2n) is 5.73. The van der Waals surface area contributed by atoms with Crippen LogP contribution in [0.25, 0.3) is 5.69 Å². The van der Waals surface area contributed by atoms with Gasteiger partial charge < -0.3 is 4.90 Å². The molecule has 0 saturated carbocycles. The van der Waals surface area contributed by atoms with Crippen LogP contribution in [-0.2, 0) is 0 Å². The monoisotopic (exact) mass is 281 g/mol. The van der Waals surface area contributed by atoms with Gasteiger partial charge in [0.25, 0.3) is 0 Å². The molecule has 0 unspecified atom stereocenters. The first kappa shape index (κ1) is 13.6. The predicted molar refractivity (Wildman–Crippen MR) is 81.4 cm³/mol. The zero-order valence-corrected chi connectivity index (χ0v) is 12.5. The molecule has 1 aliphatic rings. The lowest BCUT2D eigenvalue weighted by Crippen LogP contribution is -2.33. The SMILES string of the molecule is Cc1ccccc1-n1nc(C#N)c(N2CCC(C)CC2)n1. The Morgan fingerprint density at radius 1 is 1.19 bits per heavy atom. The van der Waals surface area contributed by atoms with Gasteiger partial charge in [0.1, 0.15) is 6.07 Å². The second-order valence-corrected chi connectivity index (χ2v) is 5.73. The molecular weight excluding hydrogens is 262 g/mol. The lowest BCUT2D eigenvalue weighted by atomic mass is 9.99. The Labute approximate surface area is 124 Å². The fourth-order valence-electron chi connectivity index (χ4n) is 2.70. The molecule has 0 amide bonds. The summed E-state index contributed by atoms with van der Waals surface area (Å²) in [6.07, 6.45) is 2.28. The number of aromatic nitrogens is 3. The number of nitrogens with zero attached hydrogens (tertiary/aromatic N) is 5. The first-order valence-corrected chi connectivity index (χ1v) is 7.37. The van der Waals surface area contributed by atoms with E-state index in [0.29, 0.717) is 11.5 Å². The zero-order chi connectivity index (χ0) is 14.8. The molecule has 0 bridgehead atoms. The molecule has 0 atom stereocenters. The summed E-state index contributed by atoms with van der Waals surface area (Å²) < 4.78 is 0. The van der Waals surface area contributed by atoms with Crippen LogP contribution in [0.3, 0.4) is 0 Å². The molecule has 1 aromatic heterocycles. The van der Waals surface area contributed by atoms with Crippen LogP contribution in [-0.4, -0.2) is 28.1 Å². The lowest BCUT2D eigenvalue weighted by molar-refractivity contribution is 0.436. The summed E-state index contributed by atoms with van der Waals surface area (Å²) in [5, 5.41) is 18.3. The maximum Gasteiger partial charge on any atom is 0.207 e. The van der Waals surface area contributed by atoms with Gasteiger partial charge in [-0.05, 0) is 37.3 Å². The van der Waals surface area contributed by atoms with Gasteiger partial charge in [-0.15, -0.1) is 15.0 Å². The van der Waals surface area contributed by atoms with E-state index in [1.807, 2.05) is 31.2 Å². The Bertz CT molecular complexity index is 674. The quantitative estimate of drug-likeness (QED) is 0.849. The molecule has 108 valence electrons. The Kier molecular flexibility index (Phi) is 3.61. The van der Waals surface area contributed by atoms with Crippen molar-refractivity contribution in [2.24, 2.45) is 5.92 Å². The van der Waals surface area contributed by atoms with E-state index in [9.17, 15) is 5.26 Å². The lowest BCUT2D eigenvalue weighted by Gasteiger charge is -2.30. The standard InChI is InChI=1S/C16H19N5/c1-12-7-9-20(10-8-12)16-14(11-17)18-21(19-16)15-6-4-3-5-13(15)2/h3-6,12H,7-10H2,1-2H3. The van der Waals surface area contributed by atoms with Crippen molar-refractivity contribution >= 4 is 5.82 Å². The minimum atomic E-state index is 0.410. The maximum absolute atomic E-state index is 9.34. The molecule has 0 N–H and O–H groups in total. The number of nitriles is 1. The van der Waals surface area contributed by atoms with E-state index in [0.717, 1.165) is 43.1 Å². The van der Waals surface area contributed by atoms with Gasteiger partial charge in [-0.2, -0.15) is 5.26 Å². The molecule has 5 nitrogen and oxygen atoms in total. The van der Waals surface area contributed by atoms with Gasteiger partial charge in [-0.1, -0.05) is 25.1 Å². The average Bonchev–Trinajstić information content (AvgIpc) is 2.92. The Morgan fingerprint density at radius 2 is 1.90 bits per heavy atom. The first-order valence-electron chi connectivity index (χ1n) is 7.37. The number of hydrogen-bond donors (Lipinski definition) is 0. The maximum atomic E-state index is 9.34. The van der Waals surface area contributed by atoms with Crippen molar-refractivity contribution in [3.05, 3.63) is 35.5 Å². The van der Waals surface area contributed by atoms with Gasteiger partial charge in [-0.3, -0.25) is 0 Å². The molecule has 3 rings (SSSR count). The molecule has 1 aromatic carbocycles. The molecule has 1 saturated heterocycles. The number of piperidine rings is 1. The van der Waals surface area contributed by atoms with Crippen LogP contribution in [0.5, 0.6) is 0 Å². The third-order valence-electron chi connectivity index (χ3n) is 4.12. The van der Waals surface area contributed by atoms with E-state index in [-0.39, 0.29) is 0 Å². The van der Waals surface area contributed by atoms with E-state index < -0.39 is 0 Å². The number of anilines is 1. The van der Waals surface area contributed by atoms with Crippen molar-refractivity contribution in [1.82, 2.24) is 15.0 Å². The molecule has 5 heteroatoms. The van der Waals surface area contributed by atoms with E-state index in [1.54, 1.807) is 4.80 Å². The molecule has 2 heterocycles. The van der Waals surface area contributed by atoms with E-state index >= 15 is 0 Å². The van der Waals surface area contributed by atoms with E-state index in [2.05, 4.69) is 28.1 Å². The highest BCUT2D eigenvalue weighted by Crippen LogP contribution is 2.24. The fourth-order valence-corrected chi connectivity index (χ4v) is 2.70. The van der Waals surface area contributed by atoms with Crippen LogP contribution in [0.2, 0.25) is 0 Å². The highest BCUT2D eigenvalue weighted by Gasteiger charge is 2.23. The van der Waals surface area contributed by atoms with Gasteiger partial charge in [0.2, 0.25) is 5.69 Å². The minimum Gasteiger partial charge on any atom is -0.353 e. The van der Waals surface area contributed by atoms with Gasteiger partial charge in [-0.25, -0.2) is 0 Å². The van der Waals surface area contributed by atoms with Crippen molar-refractivity contribution in [2.45, 2.75) is 26.7 Å². The van der Waals surface area contributed by atoms with Gasteiger partial charge >= 0.3 is 0 Å². The third kappa shape index (κ3) is 2.62. The number of hydrogen-bond acceptors (Lipinski definition) is 4. The predicted octanol–water partition coefficient (Wildman–Crippen LogP) is 2.68. The van der Waals surface area contributed by atoms with Gasteiger partial charge in [0.05, 0.1) is 5.69 Å². The molecule has 1 fully saturated rings. The number of para-hydroxylation sites is 1. The summed E-state index contributed by atoms with van der Waals surface area (Å²) in [6, 6.07) is 10.1. The molecule has 0 spiro atoms. The van der Waals surface area contributed by atoms with Crippen LogP contribution in [0.1, 0.15) is 31.0 Å². The molecule has 1 aliphatic heterocycles. The largest absolute Gasteiger partial charge is 0.353 e. The first-order chi connectivity index (χ1) is 10.2. The Morgan fingerprint density at radius 3 is 2.57 bits per heavy atom. The highest BCUT2D eigenvalue weighted by atomic mass is 15.5. The van der Waals surface area contributed by atoms with Gasteiger partial charge in [0, 0.05) is 13.1 Å². The molecule has 0 aliphatic carbocycles. The summed E-state index contributed by atoms with van der Waals surface area (Å²) in [7, 11) is 0. The van der Waals surface area contributed by atoms with Crippen LogP contribution in [0, 0.1) is 24.2 Å². The van der Waals surface area contributed by atoms with Crippen molar-refractivity contribution in [3.8, 4) is 11.8 Å². The van der Waals surface area contributed by atoms with Crippen LogP contribution in [0.15, 0.2) is 24.3 Å². The smallest absolute Gasteiger partial charge is 0.207 e. The van der Waals surface area contributed by atoms with Crippen molar-refractivity contribution in [1.29, 1.82) is 5.26 Å². The summed E-state index contributed by atoms with van der Waals surface area (Å²) in [5.41, 5.74) is 2.43. The Balaban J connectivity index is 1.96. The van der Waals surface area contributed by atoms with Crippen molar-refractivity contribution < 1.29 is 0 Å². The topological polar surface area (TPSA) is 57.7 Å². The van der Waals surface area contributed by atoms with Crippen LogP contribution >= 0.6 is 0 Å². The number of benzene rings is 1. The van der Waals surface area contributed by atoms with E-state index in [1.165, 1.54) is 0 Å². The minimum absolute atomic E-state index is 0.410. The van der Waals surface area contributed by atoms with Gasteiger partial charge in [0.15, 0.2) is 5.82 Å². The van der Waals surface area contributed by atoms with Crippen LogP contribution in [0.4, 0.5) is 5.82 Å². The number of aryl methyl sites for hydroxylation is 1. The zero-order valence-electron chi connectivity index (χ0n) is 12.5. The normalized spacial score (nSPS) is 16.0. The molecule has 21 heavy (non-hydrogen) atoms. The summed E-state index contributed by atoms with van der Waals surface area (Å²) >= 11 is 0. The van der Waals surface area contributed by atoms with Crippen molar-refractivity contribution in [3.63, 3.8) is 0 Å². The fraction of sp³-hybridized carbons (Fsp3) is 0.438. The van der Waals surface area contributed by atoms with Crippen LogP contribution < -0.4 is 4.90 Å². The summed E-state index contributed by atoms with van der Waals surface area (Å²) in [6.45, 7) is 6.18.